The van der Waals surface area contributed by atoms with Gasteiger partial charge in [0.15, 0.2) is 0 Å². The Morgan fingerprint density at radius 1 is 1.23 bits per heavy atom. The van der Waals surface area contributed by atoms with Crippen LogP contribution in [0.3, 0.4) is 0 Å². The molecular weight excluding hydrogens is 158 g/mol. The Bertz CT molecular complexity index is 398. The average molecular weight is 173 g/mol. The van der Waals surface area contributed by atoms with Gasteiger partial charge in [-0.15, -0.1) is 0 Å². The summed E-state index contributed by atoms with van der Waals surface area (Å²) >= 11 is 0. The number of fused-ring (bicyclic) bond motifs is 1. The predicted molar refractivity (Wildman–Crippen MR) is 56.8 cm³/mol. The maximum Gasteiger partial charge on any atom is 0.0486 e. The van der Waals surface area contributed by atoms with Crippen molar-refractivity contribution in [1.29, 1.82) is 0 Å². The molecule has 0 amide bonds. The van der Waals surface area contributed by atoms with Crippen LogP contribution in [0.1, 0.15) is 19.4 Å². The van der Waals surface area contributed by atoms with Gasteiger partial charge in [0.25, 0.3) is 0 Å². The lowest BCUT2D eigenvalue weighted by atomic mass is 10.0. The largest absolute Gasteiger partial charge is 0.361 e. The molecule has 0 fully saturated rings. The quantitative estimate of drug-likeness (QED) is 0.716. The second-order valence-corrected chi connectivity index (χ2v) is 3.96. The van der Waals surface area contributed by atoms with E-state index in [1.807, 2.05) is 6.20 Å². The zero-order chi connectivity index (χ0) is 9.26. The molecule has 1 aromatic heterocycles. The van der Waals surface area contributed by atoms with Crippen molar-refractivity contribution in [2.75, 3.05) is 0 Å². The summed E-state index contributed by atoms with van der Waals surface area (Å²) in [4.78, 5) is 3.29. The Balaban J connectivity index is 2.48. The zero-order valence-electron chi connectivity index (χ0n) is 8.17. The molecule has 0 bridgehead atoms. The molecule has 68 valence electrons. The molecule has 0 radical (unpaired) electrons. The number of rotatable bonds is 2. The van der Waals surface area contributed by atoms with Gasteiger partial charge < -0.3 is 4.98 Å². The Morgan fingerprint density at radius 3 is 2.85 bits per heavy atom. The van der Waals surface area contributed by atoms with E-state index in [-0.39, 0.29) is 0 Å². The standard InChI is InChI=1S/C12H15N/c1-9(2)8-11-5-3-4-10-6-7-13-12(10)11/h3-7,9,13H,8H2,1-2H3. The number of hydrogen-bond acceptors (Lipinski definition) is 0. The molecule has 0 atom stereocenters. The Kier molecular flexibility index (Phi) is 2.09. The summed E-state index contributed by atoms with van der Waals surface area (Å²) in [5, 5.41) is 1.32. The van der Waals surface area contributed by atoms with Crippen molar-refractivity contribution in [2.45, 2.75) is 20.3 Å². The van der Waals surface area contributed by atoms with Crippen molar-refractivity contribution in [3.63, 3.8) is 0 Å². The smallest absolute Gasteiger partial charge is 0.0486 e. The van der Waals surface area contributed by atoms with E-state index in [9.17, 15) is 0 Å². The minimum atomic E-state index is 0.717. The first-order valence-electron chi connectivity index (χ1n) is 4.82. The van der Waals surface area contributed by atoms with Crippen molar-refractivity contribution < 1.29 is 0 Å². The van der Waals surface area contributed by atoms with Crippen LogP contribution < -0.4 is 0 Å². The number of aromatic amines is 1. The van der Waals surface area contributed by atoms with Crippen LogP contribution in [0.5, 0.6) is 0 Å². The molecule has 0 aliphatic rings. The Morgan fingerprint density at radius 2 is 2.08 bits per heavy atom. The molecule has 1 heterocycles. The summed E-state index contributed by atoms with van der Waals surface area (Å²) in [6.07, 6.45) is 3.16. The first-order valence-corrected chi connectivity index (χ1v) is 4.82. The van der Waals surface area contributed by atoms with Gasteiger partial charge in [-0.25, -0.2) is 0 Å². The van der Waals surface area contributed by atoms with E-state index < -0.39 is 0 Å². The zero-order valence-corrected chi connectivity index (χ0v) is 8.17. The SMILES string of the molecule is CC(C)Cc1cccc2cc[nH]c12. The molecule has 0 unspecified atom stereocenters. The fourth-order valence-corrected chi connectivity index (χ4v) is 1.76. The van der Waals surface area contributed by atoms with Crippen LogP contribution in [-0.2, 0) is 6.42 Å². The predicted octanol–water partition coefficient (Wildman–Crippen LogP) is 3.37. The highest BCUT2D eigenvalue weighted by molar-refractivity contribution is 5.82. The fourth-order valence-electron chi connectivity index (χ4n) is 1.76. The molecule has 0 saturated carbocycles. The third-order valence-electron chi connectivity index (χ3n) is 2.30. The molecule has 1 N–H and O–H groups in total. The molecular formula is C12H15N. The summed E-state index contributed by atoms with van der Waals surface area (Å²) in [6.45, 7) is 4.50. The fraction of sp³-hybridized carbons (Fsp3) is 0.333. The maximum absolute atomic E-state index is 3.29. The minimum absolute atomic E-state index is 0.717. The van der Waals surface area contributed by atoms with Gasteiger partial charge in [0.2, 0.25) is 0 Å². The van der Waals surface area contributed by atoms with Crippen LogP contribution in [0.4, 0.5) is 0 Å². The van der Waals surface area contributed by atoms with Crippen molar-refractivity contribution in [3.8, 4) is 0 Å². The summed E-state index contributed by atoms with van der Waals surface area (Å²) in [5.74, 6) is 0.717. The number of aromatic nitrogens is 1. The van der Waals surface area contributed by atoms with Crippen molar-refractivity contribution >= 4 is 10.9 Å². The molecule has 1 nitrogen and oxygen atoms in total. The van der Waals surface area contributed by atoms with E-state index in [0.717, 1.165) is 6.42 Å². The van der Waals surface area contributed by atoms with E-state index in [4.69, 9.17) is 0 Å². The number of H-pyrrole nitrogens is 1. The first-order chi connectivity index (χ1) is 6.27. The summed E-state index contributed by atoms with van der Waals surface area (Å²) in [5.41, 5.74) is 2.73. The van der Waals surface area contributed by atoms with Crippen molar-refractivity contribution in [2.24, 2.45) is 5.92 Å². The van der Waals surface area contributed by atoms with Crippen LogP contribution in [0, 0.1) is 5.92 Å². The first kappa shape index (κ1) is 8.36. The van der Waals surface area contributed by atoms with Gasteiger partial charge >= 0.3 is 0 Å². The van der Waals surface area contributed by atoms with E-state index in [1.165, 1.54) is 16.5 Å². The molecule has 1 aromatic carbocycles. The van der Waals surface area contributed by atoms with E-state index >= 15 is 0 Å². The topological polar surface area (TPSA) is 15.8 Å². The van der Waals surface area contributed by atoms with Crippen LogP contribution >= 0.6 is 0 Å². The summed E-state index contributed by atoms with van der Waals surface area (Å²) in [7, 11) is 0. The third-order valence-corrected chi connectivity index (χ3v) is 2.30. The van der Waals surface area contributed by atoms with Gasteiger partial charge in [0, 0.05) is 11.7 Å². The lowest BCUT2D eigenvalue weighted by molar-refractivity contribution is 0.649. The van der Waals surface area contributed by atoms with Crippen molar-refractivity contribution in [1.82, 2.24) is 4.98 Å². The molecule has 1 heteroatoms. The van der Waals surface area contributed by atoms with E-state index in [0.29, 0.717) is 5.92 Å². The monoisotopic (exact) mass is 173 g/mol. The summed E-state index contributed by atoms with van der Waals surface area (Å²) in [6, 6.07) is 8.61. The second kappa shape index (κ2) is 3.25. The van der Waals surface area contributed by atoms with Crippen LogP contribution in [0.2, 0.25) is 0 Å². The molecule has 2 aromatic rings. The second-order valence-electron chi connectivity index (χ2n) is 3.96. The molecule has 0 aliphatic heterocycles. The highest BCUT2D eigenvalue weighted by Gasteiger charge is 2.02. The number of benzene rings is 1. The van der Waals surface area contributed by atoms with Gasteiger partial charge in [0.1, 0.15) is 0 Å². The number of nitrogens with one attached hydrogen (secondary N) is 1. The molecule has 0 aliphatic carbocycles. The number of hydrogen-bond donors (Lipinski definition) is 1. The molecule has 13 heavy (non-hydrogen) atoms. The molecule has 0 saturated heterocycles. The van der Waals surface area contributed by atoms with Gasteiger partial charge in [-0.1, -0.05) is 32.0 Å². The van der Waals surface area contributed by atoms with Crippen LogP contribution in [0.25, 0.3) is 10.9 Å². The normalized spacial score (nSPS) is 11.3. The van der Waals surface area contributed by atoms with Gasteiger partial charge in [-0.2, -0.15) is 0 Å². The number of para-hydroxylation sites is 1. The lowest BCUT2D eigenvalue weighted by Gasteiger charge is -2.05. The van der Waals surface area contributed by atoms with Crippen LogP contribution in [-0.4, -0.2) is 4.98 Å². The van der Waals surface area contributed by atoms with E-state index in [2.05, 4.69) is 43.1 Å². The van der Waals surface area contributed by atoms with Gasteiger partial charge in [-0.3, -0.25) is 0 Å². The highest BCUT2D eigenvalue weighted by atomic mass is 14.7. The van der Waals surface area contributed by atoms with E-state index in [1.54, 1.807) is 0 Å². The van der Waals surface area contributed by atoms with Crippen LogP contribution in [0.15, 0.2) is 30.5 Å². The Labute approximate surface area is 78.8 Å². The minimum Gasteiger partial charge on any atom is -0.361 e. The maximum atomic E-state index is 3.29. The van der Waals surface area contributed by atoms with Gasteiger partial charge in [-0.05, 0) is 29.4 Å². The molecule has 2 rings (SSSR count). The van der Waals surface area contributed by atoms with Gasteiger partial charge in [0.05, 0.1) is 0 Å². The lowest BCUT2D eigenvalue weighted by Crippen LogP contribution is -1.94. The molecule has 0 spiro atoms. The summed E-state index contributed by atoms with van der Waals surface area (Å²) < 4.78 is 0. The Hall–Kier alpha value is -1.24. The highest BCUT2D eigenvalue weighted by Crippen LogP contribution is 2.19. The third kappa shape index (κ3) is 1.59. The average Bonchev–Trinajstić information content (AvgIpc) is 2.51. The van der Waals surface area contributed by atoms with Crippen molar-refractivity contribution in [3.05, 3.63) is 36.0 Å².